The molecular weight excluding hydrogens is 415 g/mol. The second kappa shape index (κ2) is 10.5. The molecule has 1 aromatic heterocycles. The Kier molecular flexibility index (Phi) is 7.05. The Hall–Kier alpha value is -4.06. The molecule has 5 nitrogen and oxygen atoms in total. The molecule has 0 aliphatic heterocycles. The van der Waals surface area contributed by atoms with E-state index in [1.807, 2.05) is 24.3 Å². The van der Waals surface area contributed by atoms with Crippen molar-refractivity contribution in [1.29, 1.82) is 0 Å². The van der Waals surface area contributed by atoms with Crippen LogP contribution in [0.3, 0.4) is 0 Å². The monoisotopic (exact) mass is 440 g/mol. The minimum absolute atomic E-state index is 0.168. The standard InChI is InChI=1S/C27H25FN4O/c1-2-3-5-19-8-12-24(13-9-19)31-27(33)20-10-14-23(15-11-20)30-25-16-17-29-26(32-25)21-6-4-7-22(28)18-21/h4,6-18H,2-3,5H2,1H3,(H,31,33)(H,29,30,32). The lowest BCUT2D eigenvalue weighted by Crippen LogP contribution is -2.11. The molecule has 0 atom stereocenters. The van der Waals surface area contributed by atoms with Crippen molar-refractivity contribution in [2.45, 2.75) is 26.2 Å². The van der Waals surface area contributed by atoms with Gasteiger partial charge >= 0.3 is 0 Å². The predicted octanol–water partition coefficient (Wildman–Crippen LogP) is 6.62. The smallest absolute Gasteiger partial charge is 0.255 e. The summed E-state index contributed by atoms with van der Waals surface area (Å²) in [7, 11) is 0. The van der Waals surface area contributed by atoms with E-state index in [1.165, 1.54) is 17.7 Å². The molecule has 0 aliphatic rings. The van der Waals surface area contributed by atoms with Gasteiger partial charge in [-0.15, -0.1) is 0 Å². The topological polar surface area (TPSA) is 66.9 Å². The molecule has 0 saturated heterocycles. The molecule has 0 unspecified atom stereocenters. The summed E-state index contributed by atoms with van der Waals surface area (Å²) in [5.74, 6) is 0.495. The molecule has 4 aromatic rings. The highest BCUT2D eigenvalue weighted by molar-refractivity contribution is 6.04. The summed E-state index contributed by atoms with van der Waals surface area (Å²) in [4.78, 5) is 21.3. The van der Waals surface area contributed by atoms with Gasteiger partial charge in [-0.3, -0.25) is 4.79 Å². The Balaban J connectivity index is 1.39. The van der Waals surface area contributed by atoms with E-state index in [0.29, 0.717) is 22.8 Å². The lowest BCUT2D eigenvalue weighted by molar-refractivity contribution is 0.102. The van der Waals surface area contributed by atoms with Crippen molar-refractivity contribution in [1.82, 2.24) is 9.97 Å². The summed E-state index contributed by atoms with van der Waals surface area (Å²) in [6, 6.07) is 23.0. The number of aromatic nitrogens is 2. The number of rotatable bonds is 8. The van der Waals surface area contributed by atoms with Crippen LogP contribution in [0.25, 0.3) is 11.4 Å². The van der Waals surface area contributed by atoms with E-state index < -0.39 is 0 Å². The van der Waals surface area contributed by atoms with Crippen LogP contribution in [-0.4, -0.2) is 15.9 Å². The zero-order valence-electron chi connectivity index (χ0n) is 18.4. The van der Waals surface area contributed by atoms with Crippen molar-refractivity contribution in [3.63, 3.8) is 0 Å². The van der Waals surface area contributed by atoms with E-state index in [2.05, 4.69) is 39.7 Å². The maximum Gasteiger partial charge on any atom is 0.255 e. The summed E-state index contributed by atoms with van der Waals surface area (Å²) in [5, 5.41) is 6.12. The number of anilines is 3. The van der Waals surface area contributed by atoms with Gasteiger partial charge in [0.15, 0.2) is 5.82 Å². The van der Waals surface area contributed by atoms with Crippen molar-refractivity contribution in [3.05, 3.63) is 102 Å². The van der Waals surface area contributed by atoms with E-state index in [-0.39, 0.29) is 11.7 Å². The third-order valence-corrected chi connectivity index (χ3v) is 5.19. The normalized spacial score (nSPS) is 10.6. The minimum atomic E-state index is -0.337. The number of benzene rings is 3. The molecule has 0 spiro atoms. The van der Waals surface area contributed by atoms with E-state index in [9.17, 15) is 9.18 Å². The van der Waals surface area contributed by atoms with Crippen LogP contribution in [-0.2, 0) is 6.42 Å². The SMILES string of the molecule is CCCCc1ccc(NC(=O)c2ccc(Nc3ccnc(-c4cccc(F)c4)n3)cc2)cc1. The van der Waals surface area contributed by atoms with E-state index in [1.54, 1.807) is 36.5 Å². The van der Waals surface area contributed by atoms with Gasteiger partial charge in [-0.2, -0.15) is 0 Å². The van der Waals surface area contributed by atoms with E-state index in [0.717, 1.165) is 30.6 Å². The van der Waals surface area contributed by atoms with Gasteiger partial charge in [0, 0.05) is 28.7 Å². The van der Waals surface area contributed by atoms with Gasteiger partial charge in [-0.1, -0.05) is 37.6 Å². The molecule has 4 rings (SSSR count). The number of amides is 1. The first kappa shape index (κ1) is 22.1. The quantitative estimate of drug-likeness (QED) is 0.323. The minimum Gasteiger partial charge on any atom is -0.340 e. The van der Waals surface area contributed by atoms with Crippen LogP contribution in [0.4, 0.5) is 21.6 Å². The second-order valence-corrected chi connectivity index (χ2v) is 7.73. The molecule has 33 heavy (non-hydrogen) atoms. The highest BCUT2D eigenvalue weighted by Gasteiger charge is 2.08. The van der Waals surface area contributed by atoms with Crippen molar-refractivity contribution >= 4 is 23.1 Å². The molecule has 0 fully saturated rings. The first-order valence-corrected chi connectivity index (χ1v) is 11.0. The summed E-state index contributed by atoms with van der Waals surface area (Å²) >= 11 is 0. The first-order chi connectivity index (χ1) is 16.1. The van der Waals surface area contributed by atoms with Gasteiger partial charge in [0.2, 0.25) is 0 Å². The molecule has 166 valence electrons. The Morgan fingerprint density at radius 2 is 1.70 bits per heavy atom. The van der Waals surface area contributed by atoms with Gasteiger partial charge in [-0.25, -0.2) is 14.4 Å². The van der Waals surface area contributed by atoms with Crippen molar-refractivity contribution in [3.8, 4) is 11.4 Å². The molecule has 1 amide bonds. The summed E-state index contributed by atoms with van der Waals surface area (Å²) in [6.45, 7) is 2.17. The fourth-order valence-electron chi connectivity index (χ4n) is 3.39. The third-order valence-electron chi connectivity index (χ3n) is 5.19. The van der Waals surface area contributed by atoms with Gasteiger partial charge in [0.25, 0.3) is 5.91 Å². The zero-order valence-corrected chi connectivity index (χ0v) is 18.4. The lowest BCUT2D eigenvalue weighted by Gasteiger charge is -2.09. The average molecular weight is 441 g/mol. The summed E-state index contributed by atoms with van der Waals surface area (Å²) in [5.41, 5.74) is 3.97. The Morgan fingerprint density at radius 1 is 0.939 bits per heavy atom. The fourth-order valence-corrected chi connectivity index (χ4v) is 3.39. The molecule has 2 N–H and O–H groups in total. The molecular formula is C27H25FN4O. The number of unbranched alkanes of at least 4 members (excludes halogenated alkanes) is 1. The lowest BCUT2D eigenvalue weighted by atomic mass is 10.1. The molecule has 0 aliphatic carbocycles. The van der Waals surface area contributed by atoms with Crippen molar-refractivity contribution in [2.75, 3.05) is 10.6 Å². The van der Waals surface area contributed by atoms with Crippen molar-refractivity contribution in [2.24, 2.45) is 0 Å². The van der Waals surface area contributed by atoms with E-state index in [4.69, 9.17) is 0 Å². The zero-order chi connectivity index (χ0) is 23.0. The van der Waals surface area contributed by atoms with E-state index >= 15 is 0 Å². The molecule has 0 bridgehead atoms. The maximum atomic E-state index is 13.5. The van der Waals surface area contributed by atoms with Gasteiger partial charge < -0.3 is 10.6 Å². The number of halogens is 1. The molecule has 0 radical (unpaired) electrons. The number of aryl methyl sites for hydroxylation is 1. The molecule has 0 saturated carbocycles. The number of hydrogen-bond donors (Lipinski definition) is 2. The molecule has 6 heteroatoms. The maximum absolute atomic E-state index is 13.5. The van der Waals surface area contributed by atoms with Crippen LogP contribution >= 0.6 is 0 Å². The average Bonchev–Trinajstić information content (AvgIpc) is 2.84. The Labute approximate surface area is 192 Å². The Morgan fingerprint density at radius 3 is 2.42 bits per heavy atom. The Bertz CT molecular complexity index is 1220. The first-order valence-electron chi connectivity index (χ1n) is 11.0. The highest BCUT2D eigenvalue weighted by Crippen LogP contribution is 2.20. The molecule has 3 aromatic carbocycles. The van der Waals surface area contributed by atoms with Crippen LogP contribution in [0.2, 0.25) is 0 Å². The van der Waals surface area contributed by atoms with Gasteiger partial charge in [0.05, 0.1) is 0 Å². The number of hydrogen-bond acceptors (Lipinski definition) is 4. The third kappa shape index (κ3) is 6.01. The largest absolute Gasteiger partial charge is 0.340 e. The van der Waals surface area contributed by atoms with Crippen LogP contribution in [0.15, 0.2) is 85.1 Å². The number of nitrogens with zero attached hydrogens (tertiary/aromatic N) is 2. The fraction of sp³-hybridized carbons (Fsp3) is 0.148. The highest BCUT2D eigenvalue weighted by atomic mass is 19.1. The van der Waals surface area contributed by atoms with Crippen LogP contribution in [0, 0.1) is 5.82 Å². The van der Waals surface area contributed by atoms with Gasteiger partial charge in [0.1, 0.15) is 11.6 Å². The molecule has 1 heterocycles. The second-order valence-electron chi connectivity index (χ2n) is 7.73. The summed E-state index contributed by atoms with van der Waals surface area (Å²) < 4.78 is 13.5. The van der Waals surface area contributed by atoms with Crippen LogP contribution in [0.1, 0.15) is 35.7 Å². The summed E-state index contributed by atoms with van der Waals surface area (Å²) in [6.07, 6.45) is 4.99. The predicted molar refractivity (Wildman–Crippen MR) is 130 cm³/mol. The van der Waals surface area contributed by atoms with Crippen molar-refractivity contribution < 1.29 is 9.18 Å². The number of carbonyl (C=O) groups is 1. The van der Waals surface area contributed by atoms with Crippen LogP contribution < -0.4 is 10.6 Å². The number of nitrogens with one attached hydrogen (secondary N) is 2. The van der Waals surface area contributed by atoms with Gasteiger partial charge in [-0.05, 0) is 73.0 Å². The number of carbonyl (C=O) groups excluding carboxylic acids is 1. The van der Waals surface area contributed by atoms with Crippen LogP contribution in [0.5, 0.6) is 0 Å².